The van der Waals surface area contributed by atoms with Crippen molar-refractivity contribution in [3.63, 3.8) is 0 Å². The molecule has 174 valence electrons. The molecule has 0 saturated carbocycles. The maximum absolute atomic E-state index is 13.2. The van der Waals surface area contributed by atoms with Crippen LogP contribution in [0, 0.1) is 11.7 Å². The molecule has 1 amide bonds. The topological polar surface area (TPSA) is 113 Å². The van der Waals surface area contributed by atoms with E-state index in [2.05, 4.69) is 15.8 Å². The molecule has 1 aliphatic rings. The number of piperidine rings is 1. The van der Waals surface area contributed by atoms with Gasteiger partial charge in [0, 0.05) is 19.6 Å². The SMILES string of the molecule is CCn1c(NNC(=O)C2CCCN(S(=O)(=O)c3ccc(F)cc3)C2)nc2ccccc2c1=O. The average molecular weight is 474 g/mol. The van der Waals surface area contributed by atoms with Crippen LogP contribution in [0.15, 0.2) is 58.2 Å². The summed E-state index contributed by atoms with van der Waals surface area (Å²) >= 11 is 0. The third-order valence-corrected chi connectivity index (χ3v) is 7.56. The highest BCUT2D eigenvalue weighted by Gasteiger charge is 2.33. The van der Waals surface area contributed by atoms with E-state index in [1.54, 1.807) is 31.2 Å². The number of nitrogens with one attached hydrogen (secondary N) is 2. The molecule has 0 spiro atoms. The smallest absolute Gasteiger partial charge is 0.262 e. The molecule has 2 aromatic carbocycles. The lowest BCUT2D eigenvalue weighted by atomic mass is 9.99. The average Bonchev–Trinajstić information content (AvgIpc) is 2.83. The number of hydrazine groups is 1. The zero-order chi connectivity index (χ0) is 23.6. The van der Waals surface area contributed by atoms with Gasteiger partial charge in [0.1, 0.15) is 5.82 Å². The highest BCUT2D eigenvalue weighted by molar-refractivity contribution is 7.89. The predicted molar refractivity (Wildman–Crippen MR) is 121 cm³/mol. The van der Waals surface area contributed by atoms with Gasteiger partial charge in [0.05, 0.1) is 21.7 Å². The number of halogens is 1. The van der Waals surface area contributed by atoms with Crippen LogP contribution in [0.2, 0.25) is 0 Å². The second kappa shape index (κ2) is 9.28. The minimum absolute atomic E-state index is 0.00104. The van der Waals surface area contributed by atoms with Gasteiger partial charge in [-0.2, -0.15) is 4.31 Å². The van der Waals surface area contributed by atoms with Gasteiger partial charge >= 0.3 is 0 Å². The monoisotopic (exact) mass is 473 g/mol. The van der Waals surface area contributed by atoms with Crippen LogP contribution in [-0.2, 0) is 21.4 Å². The summed E-state index contributed by atoms with van der Waals surface area (Å²) in [7, 11) is -3.84. The molecule has 4 rings (SSSR count). The molecule has 1 fully saturated rings. The number of fused-ring (bicyclic) bond motifs is 1. The van der Waals surface area contributed by atoms with E-state index in [1.165, 1.54) is 21.0 Å². The first-order chi connectivity index (χ1) is 15.8. The number of hydrogen-bond donors (Lipinski definition) is 2. The molecule has 1 unspecified atom stereocenters. The summed E-state index contributed by atoms with van der Waals surface area (Å²) in [4.78, 5) is 29.9. The number of sulfonamides is 1. The summed E-state index contributed by atoms with van der Waals surface area (Å²) in [5.74, 6) is -1.33. The molecule has 0 bridgehead atoms. The van der Waals surface area contributed by atoms with Crippen molar-refractivity contribution >= 4 is 32.8 Å². The number of aromatic nitrogens is 2. The van der Waals surface area contributed by atoms with Crippen LogP contribution in [0.5, 0.6) is 0 Å². The number of carbonyl (C=O) groups excluding carboxylic acids is 1. The number of hydrogen-bond acceptors (Lipinski definition) is 6. The molecule has 1 atom stereocenters. The van der Waals surface area contributed by atoms with Gasteiger partial charge in [0.15, 0.2) is 0 Å². The maximum atomic E-state index is 13.2. The molecule has 0 aliphatic carbocycles. The quantitative estimate of drug-likeness (QED) is 0.530. The third-order valence-electron chi connectivity index (χ3n) is 5.68. The van der Waals surface area contributed by atoms with Crippen LogP contribution >= 0.6 is 0 Å². The predicted octanol–water partition coefficient (Wildman–Crippen LogP) is 2.10. The first kappa shape index (κ1) is 22.9. The molecule has 1 saturated heterocycles. The van der Waals surface area contributed by atoms with Crippen molar-refractivity contribution in [2.45, 2.75) is 31.2 Å². The second-order valence-corrected chi connectivity index (χ2v) is 9.71. The molecule has 9 nitrogen and oxygen atoms in total. The fourth-order valence-electron chi connectivity index (χ4n) is 3.91. The van der Waals surface area contributed by atoms with Gasteiger partial charge in [-0.25, -0.2) is 17.8 Å². The Labute approximate surface area is 190 Å². The standard InChI is InChI=1S/C22H24FN5O4S/c1-2-28-21(30)18-7-3-4-8-19(18)24-22(28)26-25-20(29)15-6-5-13-27(14-15)33(31,32)17-11-9-16(23)10-12-17/h3-4,7-12,15H,2,5-6,13-14H2,1H3,(H,24,26)(H,25,29). The van der Waals surface area contributed by atoms with Crippen LogP contribution in [0.4, 0.5) is 10.3 Å². The van der Waals surface area contributed by atoms with Gasteiger partial charge in [-0.15, -0.1) is 0 Å². The second-order valence-electron chi connectivity index (χ2n) is 7.77. The Kier molecular flexibility index (Phi) is 6.43. The van der Waals surface area contributed by atoms with E-state index >= 15 is 0 Å². The lowest BCUT2D eigenvalue weighted by molar-refractivity contribution is -0.125. The van der Waals surface area contributed by atoms with Crippen LogP contribution < -0.4 is 16.4 Å². The van der Waals surface area contributed by atoms with Gasteiger partial charge < -0.3 is 0 Å². The van der Waals surface area contributed by atoms with E-state index < -0.39 is 27.7 Å². The van der Waals surface area contributed by atoms with Crippen molar-refractivity contribution in [3.8, 4) is 0 Å². The molecule has 1 aliphatic heterocycles. The largest absolute Gasteiger partial charge is 0.277 e. The van der Waals surface area contributed by atoms with E-state index in [9.17, 15) is 22.4 Å². The van der Waals surface area contributed by atoms with Crippen molar-refractivity contribution < 1.29 is 17.6 Å². The Morgan fingerprint density at radius 2 is 1.91 bits per heavy atom. The van der Waals surface area contributed by atoms with Crippen LogP contribution in [0.25, 0.3) is 10.9 Å². The van der Waals surface area contributed by atoms with Crippen molar-refractivity contribution in [2.75, 3.05) is 18.5 Å². The lowest BCUT2D eigenvalue weighted by Crippen LogP contribution is -2.47. The van der Waals surface area contributed by atoms with Gasteiger partial charge in [0.25, 0.3) is 5.56 Å². The molecule has 2 N–H and O–H groups in total. The summed E-state index contributed by atoms with van der Waals surface area (Å²) < 4.78 is 41.6. The van der Waals surface area contributed by atoms with E-state index in [4.69, 9.17) is 0 Å². The molecule has 0 radical (unpaired) electrons. The normalized spacial score (nSPS) is 17.1. The highest BCUT2D eigenvalue weighted by Crippen LogP contribution is 2.24. The van der Waals surface area contributed by atoms with Crippen molar-refractivity contribution in [3.05, 3.63) is 64.7 Å². The number of benzene rings is 2. The zero-order valence-corrected chi connectivity index (χ0v) is 18.8. The summed E-state index contributed by atoms with van der Waals surface area (Å²) in [5.41, 5.74) is 5.57. The van der Waals surface area contributed by atoms with Gasteiger partial charge in [-0.05, 0) is 56.2 Å². The molecule has 1 aromatic heterocycles. The van der Waals surface area contributed by atoms with Crippen molar-refractivity contribution in [1.82, 2.24) is 19.3 Å². The maximum Gasteiger partial charge on any atom is 0.262 e. The Bertz CT molecular complexity index is 1340. The fraction of sp³-hybridized carbons (Fsp3) is 0.318. The minimum Gasteiger partial charge on any atom is -0.277 e. The fourth-order valence-corrected chi connectivity index (χ4v) is 5.43. The molecule has 11 heteroatoms. The number of amides is 1. The summed E-state index contributed by atoms with van der Waals surface area (Å²) in [6.07, 6.45) is 1.01. The number of anilines is 1. The van der Waals surface area contributed by atoms with Crippen LogP contribution in [-0.4, -0.2) is 41.3 Å². The zero-order valence-electron chi connectivity index (χ0n) is 18.0. The van der Waals surface area contributed by atoms with Gasteiger partial charge in [0.2, 0.25) is 21.9 Å². The summed E-state index contributed by atoms with van der Waals surface area (Å²) in [6, 6.07) is 11.5. The van der Waals surface area contributed by atoms with E-state index in [0.29, 0.717) is 30.3 Å². The number of nitrogens with zero attached hydrogens (tertiary/aromatic N) is 3. The highest BCUT2D eigenvalue weighted by atomic mass is 32.2. The van der Waals surface area contributed by atoms with Crippen LogP contribution in [0.3, 0.4) is 0 Å². The first-order valence-electron chi connectivity index (χ1n) is 10.6. The van der Waals surface area contributed by atoms with E-state index in [-0.39, 0.29) is 29.5 Å². The minimum atomic E-state index is -3.84. The van der Waals surface area contributed by atoms with Crippen molar-refractivity contribution in [2.24, 2.45) is 5.92 Å². The number of carbonyl (C=O) groups is 1. The van der Waals surface area contributed by atoms with Gasteiger partial charge in [-0.1, -0.05) is 12.1 Å². The molecule has 33 heavy (non-hydrogen) atoms. The number of para-hydroxylation sites is 1. The third kappa shape index (κ3) is 4.60. The van der Waals surface area contributed by atoms with Crippen LogP contribution in [0.1, 0.15) is 19.8 Å². The first-order valence-corrected chi connectivity index (χ1v) is 12.1. The molecule has 3 aromatic rings. The summed E-state index contributed by atoms with van der Waals surface area (Å²) in [5, 5.41) is 0.477. The van der Waals surface area contributed by atoms with E-state index in [1.807, 2.05) is 0 Å². The van der Waals surface area contributed by atoms with Gasteiger partial charge in [-0.3, -0.25) is 25.0 Å². The number of rotatable bonds is 6. The lowest BCUT2D eigenvalue weighted by Gasteiger charge is -2.31. The Morgan fingerprint density at radius 1 is 1.18 bits per heavy atom. The van der Waals surface area contributed by atoms with E-state index in [0.717, 1.165) is 12.1 Å². The molecular formula is C22H24FN5O4S. The Morgan fingerprint density at radius 3 is 2.64 bits per heavy atom. The summed E-state index contributed by atoms with van der Waals surface area (Å²) in [6.45, 7) is 2.42. The van der Waals surface area contributed by atoms with Crippen molar-refractivity contribution in [1.29, 1.82) is 0 Å². The molecule has 2 heterocycles. The Hall–Kier alpha value is -3.31. The Balaban J connectivity index is 1.48. The molecular weight excluding hydrogens is 449 g/mol.